The van der Waals surface area contributed by atoms with Crippen LogP contribution in [0.2, 0.25) is 0 Å². The van der Waals surface area contributed by atoms with Gasteiger partial charge in [-0.25, -0.2) is 4.79 Å². The Bertz CT molecular complexity index is 951. The third kappa shape index (κ3) is 4.04. The van der Waals surface area contributed by atoms with E-state index < -0.39 is 12.6 Å². The predicted molar refractivity (Wildman–Crippen MR) is 108 cm³/mol. The van der Waals surface area contributed by atoms with E-state index in [1.54, 1.807) is 12.1 Å². The number of likely N-dealkylation sites (tertiary alicyclic amines) is 1. The Morgan fingerprint density at radius 2 is 1.83 bits per heavy atom. The number of hydrogen-bond donors (Lipinski definition) is 2. The molecule has 1 atom stereocenters. The Morgan fingerprint density at radius 3 is 2.55 bits per heavy atom. The third-order valence-corrected chi connectivity index (χ3v) is 5.79. The van der Waals surface area contributed by atoms with Crippen molar-refractivity contribution in [2.24, 2.45) is 5.92 Å². The molecular formula is C22H24N2O5. The molecule has 1 unspecified atom stereocenters. The van der Waals surface area contributed by atoms with E-state index in [2.05, 4.69) is 5.32 Å². The molecule has 1 aliphatic heterocycles. The second-order valence-electron chi connectivity index (χ2n) is 7.71. The molecular weight excluding hydrogens is 372 g/mol. The lowest BCUT2D eigenvalue weighted by atomic mass is 10.1. The number of benzene rings is 2. The third-order valence-electron chi connectivity index (χ3n) is 5.79. The topological polar surface area (TPSA) is 95.9 Å². The molecule has 2 fully saturated rings. The molecule has 0 bridgehead atoms. The van der Waals surface area contributed by atoms with Gasteiger partial charge in [0.25, 0.3) is 0 Å². The summed E-state index contributed by atoms with van der Waals surface area (Å²) < 4.78 is 5.36. The lowest BCUT2D eigenvalue weighted by Crippen LogP contribution is -2.35. The van der Waals surface area contributed by atoms with Gasteiger partial charge in [-0.2, -0.15) is 0 Å². The zero-order chi connectivity index (χ0) is 20.4. The summed E-state index contributed by atoms with van der Waals surface area (Å²) in [6.07, 6.45) is 4.60. The van der Waals surface area contributed by atoms with Gasteiger partial charge in [0, 0.05) is 35.5 Å². The van der Waals surface area contributed by atoms with E-state index in [0.717, 1.165) is 36.5 Å². The van der Waals surface area contributed by atoms with Crippen LogP contribution in [0.5, 0.6) is 5.75 Å². The van der Waals surface area contributed by atoms with Gasteiger partial charge in [0.2, 0.25) is 11.8 Å². The highest BCUT2D eigenvalue weighted by atomic mass is 16.5. The Labute approximate surface area is 168 Å². The van der Waals surface area contributed by atoms with E-state index in [1.165, 1.54) is 0 Å². The van der Waals surface area contributed by atoms with Crippen LogP contribution in [0.15, 0.2) is 36.4 Å². The number of aliphatic carboxylic acids is 1. The van der Waals surface area contributed by atoms with Crippen LogP contribution in [0.3, 0.4) is 0 Å². The number of nitrogens with zero attached hydrogens (tertiary/aromatic N) is 1. The molecule has 1 saturated heterocycles. The van der Waals surface area contributed by atoms with Crippen molar-refractivity contribution in [2.45, 2.75) is 38.1 Å². The summed E-state index contributed by atoms with van der Waals surface area (Å²) in [6, 6.07) is 11.0. The number of rotatable bonds is 6. The van der Waals surface area contributed by atoms with Gasteiger partial charge >= 0.3 is 5.97 Å². The summed E-state index contributed by atoms with van der Waals surface area (Å²) in [5.74, 6) is -1.05. The SMILES string of the molecule is O=C(O)COc1ccc(NC(=O)C2CC(=O)N(C3CCCC3)C2)c2ccccc12. The molecule has 1 saturated carbocycles. The van der Waals surface area contributed by atoms with Gasteiger partial charge in [-0.3, -0.25) is 9.59 Å². The number of carbonyl (C=O) groups is 3. The first-order valence-electron chi connectivity index (χ1n) is 9.99. The molecule has 7 nitrogen and oxygen atoms in total. The van der Waals surface area contributed by atoms with Crippen molar-refractivity contribution in [2.75, 3.05) is 18.5 Å². The fourth-order valence-electron chi connectivity index (χ4n) is 4.36. The maximum atomic E-state index is 12.9. The van der Waals surface area contributed by atoms with Gasteiger partial charge in [-0.05, 0) is 25.0 Å². The lowest BCUT2D eigenvalue weighted by Gasteiger charge is -2.24. The van der Waals surface area contributed by atoms with Crippen molar-refractivity contribution in [3.63, 3.8) is 0 Å². The quantitative estimate of drug-likeness (QED) is 0.782. The second kappa shape index (κ2) is 8.11. The van der Waals surface area contributed by atoms with Crippen LogP contribution in [-0.4, -0.2) is 47.0 Å². The standard InChI is InChI=1S/C22H24N2O5/c25-20-11-14(12-24(20)15-5-1-2-6-15)22(28)23-18-9-10-19(29-13-21(26)27)17-8-4-3-7-16(17)18/h3-4,7-10,14-15H,1-2,5-6,11-13H2,(H,23,28)(H,26,27). The van der Waals surface area contributed by atoms with E-state index in [4.69, 9.17) is 9.84 Å². The number of amides is 2. The highest BCUT2D eigenvalue weighted by Crippen LogP contribution is 2.33. The summed E-state index contributed by atoms with van der Waals surface area (Å²) in [5, 5.41) is 13.3. The molecule has 2 amide bonds. The van der Waals surface area contributed by atoms with Crippen LogP contribution in [0.4, 0.5) is 5.69 Å². The van der Waals surface area contributed by atoms with Crippen LogP contribution in [0.1, 0.15) is 32.1 Å². The molecule has 1 heterocycles. The Balaban J connectivity index is 1.50. The van der Waals surface area contributed by atoms with Crippen molar-refractivity contribution in [1.29, 1.82) is 0 Å². The number of nitrogens with one attached hydrogen (secondary N) is 1. The maximum absolute atomic E-state index is 12.9. The normalized spacial score (nSPS) is 19.7. The summed E-state index contributed by atoms with van der Waals surface area (Å²) >= 11 is 0. The number of carbonyl (C=O) groups excluding carboxylic acids is 2. The first-order chi connectivity index (χ1) is 14.0. The number of carboxylic acids is 1. The van der Waals surface area contributed by atoms with Crippen LogP contribution >= 0.6 is 0 Å². The van der Waals surface area contributed by atoms with Gasteiger partial charge in [-0.15, -0.1) is 0 Å². The van der Waals surface area contributed by atoms with Gasteiger partial charge < -0.3 is 20.1 Å². The Kier molecular flexibility index (Phi) is 5.38. The highest BCUT2D eigenvalue weighted by Gasteiger charge is 2.38. The lowest BCUT2D eigenvalue weighted by molar-refractivity contribution is -0.139. The molecule has 152 valence electrons. The summed E-state index contributed by atoms with van der Waals surface area (Å²) in [5.41, 5.74) is 0.625. The zero-order valence-electron chi connectivity index (χ0n) is 16.1. The molecule has 7 heteroatoms. The largest absolute Gasteiger partial charge is 0.481 e. The summed E-state index contributed by atoms with van der Waals surface area (Å²) in [4.78, 5) is 37.9. The molecule has 0 aromatic heterocycles. The first kappa shape index (κ1) is 19.2. The minimum absolute atomic E-state index is 0.0688. The van der Waals surface area contributed by atoms with E-state index in [1.807, 2.05) is 29.2 Å². The average molecular weight is 396 g/mol. The van der Waals surface area contributed by atoms with E-state index >= 15 is 0 Å². The molecule has 0 spiro atoms. The smallest absolute Gasteiger partial charge is 0.341 e. The Hall–Kier alpha value is -3.09. The molecule has 2 aliphatic rings. The van der Waals surface area contributed by atoms with Crippen molar-refractivity contribution in [3.05, 3.63) is 36.4 Å². The van der Waals surface area contributed by atoms with Crippen molar-refractivity contribution in [1.82, 2.24) is 4.90 Å². The molecule has 2 N–H and O–H groups in total. The molecule has 0 radical (unpaired) electrons. The van der Waals surface area contributed by atoms with E-state index in [9.17, 15) is 14.4 Å². The van der Waals surface area contributed by atoms with Crippen molar-refractivity contribution in [3.8, 4) is 5.75 Å². The first-order valence-corrected chi connectivity index (χ1v) is 9.99. The molecule has 1 aliphatic carbocycles. The van der Waals surface area contributed by atoms with Gasteiger partial charge in [0.15, 0.2) is 6.61 Å². The summed E-state index contributed by atoms with van der Waals surface area (Å²) in [6.45, 7) is 0.0456. The monoisotopic (exact) mass is 396 g/mol. The molecule has 2 aromatic rings. The fraction of sp³-hybridized carbons (Fsp3) is 0.409. The fourth-order valence-corrected chi connectivity index (χ4v) is 4.36. The number of carboxylic acid groups (broad SMARTS) is 1. The number of anilines is 1. The number of fused-ring (bicyclic) bond motifs is 1. The Morgan fingerprint density at radius 1 is 1.10 bits per heavy atom. The minimum atomic E-state index is -1.05. The zero-order valence-corrected chi connectivity index (χ0v) is 16.1. The van der Waals surface area contributed by atoms with Crippen LogP contribution in [-0.2, 0) is 14.4 Å². The number of ether oxygens (including phenoxy) is 1. The highest BCUT2D eigenvalue weighted by molar-refractivity contribution is 6.06. The van der Waals surface area contributed by atoms with Crippen molar-refractivity contribution < 1.29 is 24.2 Å². The van der Waals surface area contributed by atoms with Gasteiger partial charge in [0.05, 0.1) is 5.92 Å². The number of hydrogen-bond acceptors (Lipinski definition) is 4. The molecule has 4 rings (SSSR count). The van der Waals surface area contributed by atoms with E-state index in [0.29, 0.717) is 18.0 Å². The van der Waals surface area contributed by atoms with Gasteiger partial charge in [0.1, 0.15) is 5.75 Å². The minimum Gasteiger partial charge on any atom is -0.481 e. The van der Waals surface area contributed by atoms with Crippen LogP contribution in [0, 0.1) is 5.92 Å². The van der Waals surface area contributed by atoms with Crippen LogP contribution in [0.25, 0.3) is 10.8 Å². The maximum Gasteiger partial charge on any atom is 0.341 e. The van der Waals surface area contributed by atoms with Gasteiger partial charge in [-0.1, -0.05) is 37.1 Å². The summed E-state index contributed by atoms with van der Waals surface area (Å²) in [7, 11) is 0. The van der Waals surface area contributed by atoms with E-state index in [-0.39, 0.29) is 30.2 Å². The molecule has 2 aromatic carbocycles. The average Bonchev–Trinajstić information content (AvgIpc) is 3.36. The second-order valence-corrected chi connectivity index (χ2v) is 7.71. The van der Waals surface area contributed by atoms with Crippen LogP contribution < -0.4 is 10.1 Å². The molecule has 29 heavy (non-hydrogen) atoms. The predicted octanol–water partition coefficient (Wildman–Crippen LogP) is 3.03. The van der Waals surface area contributed by atoms with Crippen molar-refractivity contribution >= 4 is 34.2 Å².